The fourth-order valence-electron chi connectivity index (χ4n) is 3.29. The van der Waals surface area contributed by atoms with Gasteiger partial charge in [0, 0.05) is 36.8 Å². The summed E-state index contributed by atoms with van der Waals surface area (Å²) in [4.78, 5) is 15.5. The molecule has 0 saturated carbocycles. The molecule has 0 spiro atoms. The van der Waals surface area contributed by atoms with Crippen LogP contribution >= 0.6 is 22.9 Å². The van der Waals surface area contributed by atoms with Crippen LogP contribution in [-0.2, 0) is 16.6 Å². The fourth-order valence-corrected chi connectivity index (χ4v) is 5.72. The predicted molar refractivity (Wildman–Crippen MR) is 121 cm³/mol. The first-order valence-corrected chi connectivity index (χ1v) is 12.4. The molecule has 6 nitrogen and oxygen atoms in total. The Balaban J connectivity index is 1.33. The molecule has 1 aliphatic heterocycles. The second-order valence-corrected chi connectivity index (χ2v) is 10.4. The van der Waals surface area contributed by atoms with Gasteiger partial charge in [-0.3, -0.25) is 4.79 Å². The van der Waals surface area contributed by atoms with Crippen LogP contribution in [-0.4, -0.2) is 49.7 Å². The van der Waals surface area contributed by atoms with E-state index < -0.39 is 10.0 Å². The van der Waals surface area contributed by atoms with Crippen molar-refractivity contribution in [1.82, 2.24) is 9.21 Å². The second-order valence-electron chi connectivity index (χ2n) is 7.07. The normalized spacial score (nSPS) is 15.1. The van der Waals surface area contributed by atoms with E-state index in [1.54, 1.807) is 59.5 Å². The van der Waals surface area contributed by atoms with Gasteiger partial charge >= 0.3 is 0 Å². The Morgan fingerprint density at radius 2 is 1.68 bits per heavy atom. The van der Waals surface area contributed by atoms with Crippen LogP contribution in [0.25, 0.3) is 0 Å². The number of carbonyl (C=O) groups excluding carboxylic acids is 1. The van der Waals surface area contributed by atoms with E-state index in [1.807, 2.05) is 11.4 Å². The molecule has 1 aromatic heterocycles. The summed E-state index contributed by atoms with van der Waals surface area (Å²) in [5, 5.41) is 2.55. The minimum absolute atomic E-state index is 0.0838. The highest BCUT2D eigenvalue weighted by Gasteiger charge is 2.30. The summed E-state index contributed by atoms with van der Waals surface area (Å²) in [6.45, 7) is 1.63. The standard InChI is InChI=1S/C22H21ClN2O4S2/c23-18-6-8-19(9-7-18)29-15-17-14-21(30-16-17)22(26)24-10-12-25(13-11-24)31(27,28)20-4-2-1-3-5-20/h1-9,14,16H,10-13,15H2. The molecule has 162 valence electrons. The van der Waals surface area contributed by atoms with Gasteiger partial charge in [0.05, 0.1) is 9.77 Å². The van der Waals surface area contributed by atoms with E-state index in [4.69, 9.17) is 16.3 Å². The van der Waals surface area contributed by atoms with Gasteiger partial charge in [0.25, 0.3) is 5.91 Å². The van der Waals surface area contributed by atoms with Gasteiger partial charge in [-0.2, -0.15) is 4.31 Å². The topological polar surface area (TPSA) is 66.9 Å². The van der Waals surface area contributed by atoms with Gasteiger partial charge in [-0.1, -0.05) is 29.8 Å². The third-order valence-corrected chi connectivity index (χ3v) is 8.12. The molecule has 1 aliphatic rings. The zero-order valence-electron chi connectivity index (χ0n) is 16.6. The Labute approximate surface area is 190 Å². The second kappa shape index (κ2) is 9.40. The Kier molecular flexibility index (Phi) is 6.62. The number of piperazine rings is 1. The van der Waals surface area contributed by atoms with Crippen LogP contribution in [0.15, 0.2) is 70.9 Å². The van der Waals surface area contributed by atoms with Gasteiger partial charge in [0.15, 0.2) is 0 Å². The lowest BCUT2D eigenvalue weighted by atomic mass is 10.3. The van der Waals surface area contributed by atoms with Crippen molar-refractivity contribution in [3.63, 3.8) is 0 Å². The summed E-state index contributed by atoms with van der Waals surface area (Å²) in [6, 6.07) is 17.3. The van der Waals surface area contributed by atoms with Gasteiger partial charge in [0.2, 0.25) is 10.0 Å². The Morgan fingerprint density at radius 1 is 1.00 bits per heavy atom. The van der Waals surface area contributed by atoms with Crippen LogP contribution in [0.5, 0.6) is 5.75 Å². The lowest BCUT2D eigenvalue weighted by Gasteiger charge is -2.33. The maximum Gasteiger partial charge on any atom is 0.264 e. The van der Waals surface area contributed by atoms with Gasteiger partial charge in [-0.15, -0.1) is 11.3 Å². The number of halogens is 1. The predicted octanol–water partition coefficient (Wildman–Crippen LogP) is 4.13. The molecular weight excluding hydrogens is 456 g/mol. The fraction of sp³-hybridized carbons (Fsp3) is 0.227. The summed E-state index contributed by atoms with van der Waals surface area (Å²) in [7, 11) is -3.53. The third kappa shape index (κ3) is 5.10. The lowest BCUT2D eigenvalue weighted by molar-refractivity contribution is 0.0702. The first-order valence-electron chi connectivity index (χ1n) is 9.74. The van der Waals surface area contributed by atoms with Crippen LogP contribution in [0.1, 0.15) is 15.2 Å². The number of amides is 1. The van der Waals surface area contributed by atoms with Crippen molar-refractivity contribution in [2.24, 2.45) is 0 Å². The van der Waals surface area contributed by atoms with Crippen molar-refractivity contribution < 1.29 is 17.9 Å². The van der Waals surface area contributed by atoms with Crippen LogP contribution in [0.2, 0.25) is 5.02 Å². The average Bonchev–Trinajstić information content (AvgIpc) is 3.28. The molecule has 0 radical (unpaired) electrons. The third-order valence-electron chi connectivity index (χ3n) is 4.99. The quantitative estimate of drug-likeness (QED) is 0.536. The summed E-state index contributed by atoms with van der Waals surface area (Å²) >= 11 is 7.24. The highest BCUT2D eigenvalue weighted by molar-refractivity contribution is 7.89. The van der Waals surface area contributed by atoms with Crippen molar-refractivity contribution in [3.05, 3.63) is 81.5 Å². The van der Waals surface area contributed by atoms with E-state index in [1.165, 1.54) is 15.6 Å². The zero-order chi connectivity index (χ0) is 21.8. The zero-order valence-corrected chi connectivity index (χ0v) is 19.0. The number of carbonyl (C=O) groups is 1. The van der Waals surface area contributed by atoms with Gasteiger partial charge < -0.3 is 9.64 Å². The highest BCUT2D eigenvalue weighted by Crippen LogP contribution is 2.22. The molecular formula is C22H21ClN2O4S2. The minimum atomic E-state index is -3.53. The Bertz CT molecular complexity index is 1140. The van der Waals surface area contributed by atoms with E-state index in [9.17, 15) is 13.2 Å². The average molecular weight is 477 g/mol. The van der Waals surface area contributed by atoms with Gasteiger partial charge in [-0.05, 0) is 47.8 Å². The van der Waals surface area contributed by atoms with Crippen LogP contribution in [0, 0.1) is 0 Å². The lowest BCUT2D eigenvalue weighted by Crippen LogP contribution is -2.50. The molecule has 2 aromatic carbocycles. The molecule has 0 unspecified atom stereocenters. The van der Waals surface area contributed by atoms with Crippen LogP contribution < -0.4 is 4.74 Å². The molecule has 0 aliphatic carbocycles. The molecule has 3 aromatic rings. The van der Waals surface area contributed by atoms with Crippen LogP contribution in [0.3, 0.4) is 0 Å². The van der Waals surface area contributed by atoms with Crippen molar-refractivity contribution in [1.29, 1.82) is 0 Å². The van der Waals surface area contributed by atoms with E-state index in [2.05, 4.69) is 0 Å². The molecule has 0 bridgehead atoms. The molecule has 0 atom stereocenters. The molecule has 2 heterocycles. The first kappa shape index (κ1) is 21.8. The largest absolute Gasteiger partial charge is 0.489 e. The summed E-state index contributed by atoms with van der Waals surface area (Å²) in [6.07, 6.45) is 0. The minimum Gasteiger partial charge on any atom is -0.489 e. The summed E-state index contributed by atoms with van der Waals surface area (Å²) in [5.74, 6) is 0.624. The number of rotatable bonds is 6. The number of sulfonamides is 1. The number of nitrogens with zero attached hydrogens (tertiary/aromatic N) is 2. The van der Waals surface area contributed by atoms with Gasteiger partial charge in [0.1, 0.15) is 12.4 Å². The molecule has 31 heavy (non-hydrogen) atoms. The maximum absolute atomic E-state index is 12.9. The number of hydrogen-bond acceptors (Lipinski definition) is 5. The Hall–Kier alpha value is -2.39. The molecule has 0 N–H and O–H groups in total. The van der Waals surface area contributed by atoms with Crippen molar-refractivity contribution >= 4 is 38.9 Å². The van der Waals surface area contributed by atoms with E-state index in [0.717, 1.165) is 5.56 Å². The maximum atomic E-state index is 12.9. The van der Waals surface area contributed by atoms with Gasteiger partial charge in [-0.25, -0.2) is 8.42 Å². The monoisotopic (exact) mass is 476 g/mol. The Morgan fingerprint density at radius 3 is 2.35 bits per heavy atom. The number of ether oxygens (including phenoxy) is 1. The van der Waals surface area contributed by atoms with E-state index >= 15 is 0 Å². The van der Waals surface area contributed by atoms with Crippen molar-refractivity contribution in [3.8, 4) is 5.75 Å². The van der Waals surface area contributed by atoms with Crippen molar-refractivity contribution in [2.45, 2.75) is 11.5 Å². The summed E-state index contributed by atoms with van der Waals surface area (Å²) < 4.78 is 32.7. The first-order chi connectivity index (χ1) is 14.9. The SMILES string of the molecule is O=C(c1cc(COc2ccc(Cl)cc2)cs1)N1CCN(S(=O)(=O)c2ccccc2)CC1. The molecule has 1 amide bonds. The number of hydrogen-bond donors (Lipinski definition) is 0. The molecule has 4 rings (SSSR count). The summed E-state index contributed by atoms with van der Waals surface area (Å²) in [5.41, 5.74) is 0.911. The molecule has 9 heteroatoms. The van der Waals surface area contributed by atoms with Crippen molar-refractivity contribution in [2.75, 3.05) is 26.2 Å². The molecule has 1 saturated heterocycles. The van der Waals surface area contributed by atoms with E-state index in [-0.39, 0.29) is 23.9 Å². The highest BCUT2D eigenvalue weighted by atomic mass is 35.5. The van der Waals surface area contributed by atoms with Crippen LogP contribution in [0.4, 0.5) is 0 Å². The number of benzene rings is 2. The molecule has 1 fully saturated rings. The number of thiophene rings is 1. The van der Waals surface area contributed by atoms with E-state index in [0.29, 0.717) is 35.3 Å². The smallest absolute Gasteiger partial charge is 0.264 e.